The molecular weight excluding hydrogens is 379 g/mol. The fourth-order valence-corrected chi connectivity index (χ4v) is 4.60. The van der Waals surface area contributed by atoms with E-state index in [-0.39, 0.29) is 11.8 Å². The third-order valence-electron chi connectivity index (χ3n) is 6.24. The summed E-state index contributed by atoms with van der Waals surface area (Å²) in [6.45, 7) is 2.04. The summed E-state index contributed by atoms with van der Waals surface area (Å²) in [7, 11) is 6.01. The highest BCUT2D eigenvalue weighted by Crippen LogP contribution is 2.40. The van der Waals surface area contributed by atoms with Gasteiger partial charge in [-0.25, -0.2) is 0 Å². The van der Waals surface area contributed by atoms with Gasteiger partial charge in [0.1, 0.15) is 7.85 Å². The normalized spacial score (nSPS) is 20.3. The van der Waals surface area contributed by atoms with Crippen molar-refractivity contribution in [1.82, 2.24) is 4.98 Å². The Balaban J connectivity index is 1.41. The molecule has 4 rings (SSSR count). The zero-order chi connectivity index (χ0) is 20.4. The molecular formula is C24H24BClN2O. The Labute approximate surface area is 178 Å². The van der Waals surface area contributed by atoms with Gasteiger partial charge in [0.2, 0.25) is 5.91 Å². The topological polar surface area (TPSA) is 42.0 Å². The molecule has 0 bridgehead atoms. The van der Waals surface area contributed by atoms with E-state index in [0.29, 0.717) is 16.9 Å². The van der Waals surface area contributed by atoms with E-state index in [0.717, 1.165) is 47.7 Å². The minimum atomic E-state index is -0.0172. The lowest BCUT2D eigenvalue weighted by molar-refractivity contribution is -0.121. The highest BCUT2D eigenvalue weighted by molar-refractivity contribution is 6.33. The standard InChI is InChI=1S/C24H24BClN2O/c1-15(24(29)28-20-9-7-19(26)8-10-20)16-2-4-17(5-3-16)21-12-13-27-23-11-6-18(25)14-22(21)23/h6-17H,2-5H2,1H3,(H,28,29)/t15-,16?,17?/m1/s1. The Morgan fingerprint density at radius 1 is 1.10 bits per heavy atom. The number of benzene rings is 2. The summed E-state index contributed by atoms with van der Waals surface area (Å²) in [5.41, 5.74) is 3.89. The molecule has 2 aromatic carbocycles. The molecule has 5 heteroatoms. The van der Waals surface area contributed by atoms with Crippen LogP contribution in [0.4, 0.5) is 5.69 Å². The molecule has 1 atom stereocenters. The van der Waals surface area contributed by atoms with Crippen LogP contribution in [0.15, 0.2) is 54.7 Å². The third-order valence-corrected chi connectivity index (χ3v) is 6.50. The largest absolute Gasteiger partial charge is 0.326 e. The van der Waals surface area contributed by atoms with Crippen LogP contribution in [-0.4, -0.2) is 18.7 Å². The van der Waals surface area contributed by atoms with E-state index in [4.69, 9.17) is 19.4 Å². The summed E-state index contributed by atoms with van der Waals surface area (Å²) < 4.78 is 0. The van der Waals surface area contributed by atoms with Gasteiger partial charge >= 0.3 is 0 Å². The number of pyridine rings is 1. The molecule has 1 N–H and O–H groups in total. The van der Waals surface area contributed by atoms with Crippen molar-refractivity contribution in [3.05, 3.63) is 65.3 Å². The second-order valence-corrected chi connectivity index (χ2v) is 8.51. The number of carbonyl (C=O) groups is 1. The molecule has 2 radical (unpaired) electrons. The minimum absolute atomic E-state index is 0.0172. The van der Waals surface area contributed by atoms with Crippen LogP contribution in [0.3, 0.4) is 0 Å². The number of amides is 1. The van der Waals surface area contributed by atoms with Gasteiger partial charge < -0.3 is 5.32 Å². The van der Waals surface area contributed by atoms with Gasteiger partial charge in [-0.2, -0.15) is 0 Å². The van der Waals surface area contributed by atoms with Gasteiger partial charge in [-0.3, -0.25) is 9.78 Å². The van der Waals surface area contributed by atoms with Gasteiger partial charge in [0.05, 0.1) is 5.52 Å². The number of hydrogen-bond donors (Lipinski definition) is 1. The lowest BCUT2D eigenvalue weighted by Gasteiger charge is -2.32. The predicted molar refractivity (Wildman–Crippen MR) is 121 cm³/mol. The van der Waals surface area contributed by atoms with Crippen LogP contribution < -0.4 is 10.8 Å². The Bertz CT molecular complexity index is 1010. The Morgan fingerprint density at radius 2 is 1.83 bits per heavy atom. The molecule has 146 valence electrons. The molecule has 1 aliphatic carbocycles. The number of anilines is 1. The molecule has 1 saturated carbocycles. The second-order valence-electron chi connectivity index (χ2n) is 8.07. The maximum absolute atomic E-state index is 12.7. The lowest BCUT2D eigenvalue weighted by atomic mass is 9.73. The van der Waals surface area contributed by atoms with Gasteiger partial charge in [0.15, 0.2) is 0 Å². The number of nitrogens with one attached hydrogen (secondary N) is 1. The summed E-state index contributed by atoms with van der Waals surface area (Å²) in [6.07, 6.45) is 6.15. The number of halogens is 1. The average Bonchev–Trinajstić information content (AvgIpc) is 2.74. The van der Waals surface area contributed by atoms with Gasteiger partial charge in [-0.05, 0) is 79.5 Å². The summed E-state index contributed by atoms with van der Waals surface area (Å²) in [4.78, 5) is 17.2. The van der Waals surface area contributed by atoms with E-state index >= 15 is 0 Å². The van der Waals surface area contributed by atoms with Crippen LogP contribution in [0.2, 0.25) is 5.02 Å². The van der Waals surface area contributed by atoms with Crippen molar-refractivity contribution in [1.29, 1.82) is 0 Å². The number of carbonyl (C=O) groups excluding carboxylic acids is 1. The maximum atomic E-state index is 12.7. The zero-order valence-corrected chi connectivity index (χ0v) is 17.3. The van der Waals surface area contributed by atoms with Crippen LogP contribution in [0.5, 0.6) is 0 Å². The first-order chi connectivity index (χ1) is 14.0. The van der Waals surface area contributed by atoms with Crippen molar-refractivity contribution < 1.29 is 4.79 Å². The summed E-state index contributed by atoms with van der Waals surface area (Å²) in [5, 5.41) is 4.84. The average molecular weight is 403 g/mol. The van der Waals surface area contributed by atoms with Crippen molar-refractivity contribution in [3.63, 3.8) is 0 Å². The predicted octanol–water partition coefficient (Wildman–Crippen LogP) is 5.23. The van der Waals surface area contributed by atoms with Crippen LogP contribution in [0.25, 0.3) is 10.9 Å². The Kier molecular flexibility index (Phi) is 5.91. The van der Waals surface area contributed by atoms with Gasteiger partial charge in [-0.1, -0.05) is 36.1 Å². The fraction of sp³-hybridized carbons (Fsp3) is 0.333. The number of rotatable bonds is 4. The monoisotopic (exact) mass is 402 g/mol. The first-order valence-corrected chi connectivity index (χ1v) is 10.6. The molecule has 1 amide bonds. The number of nitrogens with zero attached hydrogens (tertiary/aromatic N) is 1. The molecule has 3 nitrogen and oxygen atoms in total. The van der Waals surface area contributed by atoms with E-state index in [1.807, 2.05) is 43.5 Å². The third kappa shape index (κ3) is 4.48. The van der Waals surface area contributed by atoms with Crippen LogP contribution in [0.1, 0.15) is 44.1 Å². The van der Waals surface area contributed by atoms with E-state index in [1.165, 1.54) is 5.56 Å². The SMILES string of the molecule is [B]c1ccc2nccc(C3CCC([C@@H](C)C(=O)Nc4ccc(Cl)cc4)CC3)c2c1. The summed E-state index contributed by atoms with van der Waals surface area (Å²) in [6, 6.07) is 15.3. The lowest BCUT2D eigenvalue weighted by Crippen LogP contribution is -2.29. The molecule has 1 aliphatic rings. The van der Waals surface area contributed by atoms with Gasteiger partial charge in [0, 0.05) is 28.2 Å². The molecule has 1 heterocycles. The Hall–Kier alpha value is -2.33. The fourth-order valence-electron chi connectivity index (χ4n) is 4.47. The molecule has 0 aliphatic heterocycles. The highest BCUT2D eigenvalue weighted by atomic mass is 35.5. The van der Waals surface area contributed by atoms with Crippen LogP contribution in [0, 0.1) is 11.8 Å². The quantitative estimate of drug-likeness (QED) is 0.607. The number of aromatic nitrogens is 1. The minimum Gasteiger partial charge on any atom is -0.326 e. The van der Waals surface area contributed by atoms with E-state index in [2.05, 4.69) is 16.4 Å². The van der Waals surface area contributed by atoms with Crippen molar-refractivity contribution >= 4 is 47.4 Å². The van der Waals surface area contributed by atoms with E-state index in [9.17, 15) is 4.79 Å². The number of hydrogen-bond acceptors (Lipinski definition) is 2. The van der Waals surface area contributed by atoms with Gasteiger partial charge in [0.25, 0.3) is 0 Å². The van der Waals surface area contributed by atoms with Crippen molar-refractivity contribution in [2.75, 3.05) is 5.32 Å². The van der Waals surface area contributed by atoms with Gasteiger partial charge in [-0.15, -0.1) is 0 Å². The second kappa shape index (κ2) is 8.58. The highest BCUT2D eigenvalue weighted by Gasteiger charge is 2.30. The van der Waals surface area contributed by atoms with E-state index < -0.39 is 0 Å². The Morgan fingerprint density at radius 3 is 2.55 bits per heavy atom. The molecule has 3 aromatic rings. The first kappa shape index (κ1) is 20.0. The zero-order valence-electron chi connectivity index (χ0n) is 16.6. The van der Waals surface area contributed by atoms with Crippen molar-refractivity contribution in [2.45, 2.75) is 38.5 Å². The van der Waals surface area contributed by atoms with Crippen LogP contribution in [-0.2, 0) is 4.79 Å². The van der Waals surface area contributed by atoms with E-state index in [1.54, 1.807) is 12.1 Å². The summed E-state index contributed by atoms with van der Waals surface area (Å²) in [5.74, 6) is 0.955. The maximum Gasteiger partial charge on any atom is 0.227 e. The first-order valence-electron chi connectivity index (χ1n) is 10.2. The molecule has 1 fully saturated rings. The van der Waals surface area contributed by atoms with Crippen molar-refractivity contribution in [3.8, 4) is 0 Å². The molecule has 0 spiro atoms. The smallest absolute Gasteiger partial charge is 0.227 e. The molecule has 1 aromatic heterocycles. The molecule has 0 unspecified atom stereocenters. The number of fused-ring (bicyclic) bond motifs is 1. The van der Waals surface area contributed by atoms with Crippen molar-refractivity contribution in [2.24, 2.45) is 11.8 Å². The van der Waals surface area contributed by atoms with Crippen LogP contribution >= 0.6 is 11.6 Å². The molecule has 29 heavy (non-hydrogen) atoms. The molecule has 0 saturated heterocycles. The summed E-state index contributed by atoms with van der Waals surface area (Å²) >= 11 is 5.92.